The van der Waals surface area contributed by atoms with Gasteiger partial charge in [0.1, 0.15) is 5.60 Å². The van der Waals surface area contributed by atoms with Gasteiger partial charge in [0.15, 0.2) is 5.96 Å². The zero-order valence-electron chi connectivity index (χ0n) is 16.4. The lowest BCUT2D eigenvalue weighted by Gasteiger charge is -2.30. The molecule has 7 heteroatoms. The van der Waals surface area contributed by atoms with E-state index in [9.17, 15) is 5.11 Å². The van der Waals surface area contributed by atoms with E-state index in [2.05, 4.69) is 48.2 Å². The van der Waals surface area contributed by atoms with Crippen LogP contribution in [0.4, 0.5) is 0 Å². The van der Waals surface area contributed by atoms with Crippen molar-refractivity contribution in [2.24, 2.45) is 4.99 Å². The third-order valence-electron chi connectivity index (χ3n) is 4.02. The number of guanidine groups is 1. The molecule has 1 heterocycles. The summed E-state index contributed by atoms with van der Waals surface area (Å²) in [7, 11) is 0. The van der Waals surface area contributed by atoms with E-state index in [0.29, 0.717) is 18.6 Å². The number of rotatable bonds is 9. The highest BCUT2D eigenvalue weighted by Gasteiger charge is 2.23. The van der Waals surface area contributed by atoms with Crippen molar-refractivity contribution in [1.82, 2.24) is 15.5 Å². The molecule has 0 amide bonds. The predicted molar refractivity (Wildman–Crippen MR) is 120 cm³/mol. The molecule has 146 valence electrons. The highest BCUT2D eigenvalue weighted by Crippen LogP contribution is 2.23. The molecule has 0 aromatic carbocycles. The van der Waals surface area contributed by atoms with E-state index in [1.807, 2.05) is 23.8 Å². The molecular weight excluding hydrogens is 447 g/mol. The number of aliphatic imine (C=N–C) groups is 1. The first kappa shape index (κ1) is 24.6. The fourth-order valence-electron chi connectivity index (χ4n) is 2.65. The van der Waals surface area contributed by atoms with E-state index in [1.165, 1.54) is 0 Å². The Morgan fingerprint density at radius 2 is 1.92 bits per heavy atom. The Labute approximate surface area is 174 Å². The lowest BCUT2D eigenvalue weighted by atomic mass is 10.00. The Kier molecular flexibility index (Phi) is 11.9. The largest absolute Gasteiger partial charge is 0.383 e. The van der Waals surface area contributed by atoms with Gasteiger partial charge in [0.2, 0.25) is 0 Å². The molecule has 1 unspecified atom stereocenters. The number of halogens is 1. The first-order valence-electron chi connectivity index (χ1n) is 8.81. The van der Waals surface area contributed by atoms with Crippen LogP contribution < -0.4 is 10.6 Å². The van der Waals surface area contributed by atoms with Crippen molar-refractivity contribution in [3.63, 3.8) is 0 Å². The van der Waals surface area contributed by atoms with Gasteiger partial charge in [-0.2, -0.15) is 11.3 Å². The summed E-state index contributed by atoms with van der Waals surface area (Å²) in [5.41, 5.74) is -0.0255. The maximum absolute atomic E-state index is 10.6. The fourth-order valence-corrected chi connectivity index (χ4v) is 3.44. The number of thiophene rings is 1. The minimum absolute atomic E-state index is 0. The van der Waals surface area contributed by atoms with Crippen LogP contribution in [0.25, 0.3) is 0 Å². The molecule has 0 saturated heterocycles. The Bertz CT molecular complexity index is 481. The van der Waals surface area contributed by atoms with Crippen molar-refractivity contribution in [2.45, 2.75) is 59.2 Å². The Morgan fingerprint density at radius 1 is 1.28 bits per heavy atom. The van der Waals surface area contributed by atoms with Crippen molar-refractivity contribution in [2.75, 3.05) is 26.2 Å². The number of nitrogens with one attached hydrogen (secondary N) is 2. The highest BCUT2D eigenvalue weighted by atomic mass is 127. The van der Waals surface area contributed by atoms with Crippen molar-refractivity contribution in [1.29, 1.82) is 0 Å². The number of hydrogen-bond donors (Lipinski definition) is 3. The molecular formula is C18H35IN4OS. The normalized spacial score (nSPS) is 14.6. The van der Waals surface area contributed by atoms with Gasteiger partial charge < -0.3 is 15.7 Å². The van der Waals surface area contributed by atoms with E-state index >= 15 is 0 Å². The Hall–Kier alpha value is -0.380. The molecule has 1 aromatic heterocycles. The smallest absolute Gasteiger partial charge is 0.191 e. The standard InChI is InChI=1S/C18H34N4OS.HI/c1-7-19-17(20-9-10-22(14(2)3)15(4)5)21-13-18(6,23)16-8-11-24-12-16;/h8,11-12,14-15,23H,7,9-10,13H2,1-6H3,(H2,19,20,21);1H. The zero-order chi connectivity index (χ0) is 18.2. The van der Waals surface area contributed by atoms with Crippen molar-refractivity contribution in [3.8, 4) is 0 Å². The molecule has 0 aliphatic heterocycles. The van der Waals surface area contributed by atoms with Crippen molar-refractivity contribution in [3.05, 3.63) is 22.4 Å². The molecule has 0 aliphatic carbocycles. The van der Waals surface area contributed by atoms with Crippen LogP contribution in [0.1, 0.15) is 47.1 Å². The molecule has 0 spiro atoms. The quantitative estimate of drug-likeness (QED) is 0.287. The highest BCUT2D eigenvalue weighted by molar-refractivity contribution is 14.0. The van der Waals surface area contributed by atoms with Gasteiger partial charge in [0.25, 0.3) is 0 Å². The SMILES string of the molecule is CCNC(=NCC(C)(O)c1ccsc1)NCCN(C(C)C)C(C)C.I. The molecule has 3 N–H and O–H groups in total. The van der Waals surface area contributed by atoms with Gasteiger partial charge in [-0.05, 0) is 63.9 Å². The molecule has 0 saturated carbocycles. The van der Waals surface area contributed by atoms with Crippen LogP contribution in [0.15, 0.2) is 21.8 Å². The average molecular weight is 482 g/mol. The molecule has 1 rings (SSSR count). The molecule has 0 aliphatic rings. The van der Waals surface area contributed by atoms with Gasteiger partial charge >= 0.3 is 0 Å². The van der Waals surface area contributed by atoms with Gasteiger partial charge in [-0.3, -0.25) is 4.90 Å². The van der Waals surface area contributed by atoms with Crippen molar-refractivity contribution >= 4 is 41.3 Å². The third kappa shape index (κ3) is 8.70. The lowest BCUT2D eigenvalue weighted by molar-refractivity contribution is 0.0677. The van der Waals surface area contributed by atoms with Crippen LogP contribution in [0.2, 0.25) is 0 Å². The summed E-state index contributed by atoms with van der Waals surface area (Å²) >= 11 is 1.59. The van der Waals surface area contributed by atoms with E-state index in [1.54, 1.807) is 18.3 Å². The maximum Gasteiger partial charge on any atom is 0.191 e. The molecule has 0 bridgehead atoms. The molecule has 1 atom stereocenters. The average Bonchev–Trinajstić information content (AvgIpc) is 3.03. The zero-order valence-corrected chi connectivity index (χ0v) is 19.5. The van der Waals surface area contributed by atoms with E-state index in [-0.39, 0.29) is 24.0 Å². The van der Waals surface area contributed by atoms with Gasteiger partial charge in [0.05, 0.1) is 6.54 Å². The Balaban J connectivity index is 0.00000576. The van der Waals surface area contributed by atoms with E-state index in [0.717, 1.165) is 31.2 Å². The summed E-state index contributed by atoms with van der Waals surface area (Å²) in [5, 5.41) is 21.1. The minimum atomic E-state index is -0.940. The van der Waals surface area contributed by atoms with Crippen LogP contribution in [0.5, 0.6) is 0 Å². The van der Waals surface area contributed by atoms with E-state index in [4.69, 9.17) is 0 Å². The first-order valence-corrected chi connectivity index (χ1v) is 9.75. The molecule has 0 fully saturated rings. The number of aliphatic hydroxyl groups is 1. The minimum Gasteiger partial charge on any atom is -0.383 e. The second-order valence-electron chi connectivity index (χ2n) is 6.83. The first-order chi connectivity index (χ1) is 11.3. The van der Waals surface area contributed by atoms with Crippen LogP contribution in [-0.4, -0.2) is 54.2 Å². The monoisotopic (exact) mass is 482 g/mol. The topological polar surface area (TPSA) is 59.9 Å². The van der Waals surface area contributed by atoms with Gasteiger partial charge in [-0.1, -0.05) is 0 Å². The van der Waals surface area contributed by atoms with Gasteiger partial charge in [0, 0.05) is 31.7 Å². The lowest BCUT2D eigenvalue weighted by Crippen LogP contribution is -2.45. The van der Waals surface area contributed by atoms with Crippen LogP contribution in [0, 0.1) is 0 Å². The van der Waals surface area contributed by atoms with Crippen LogP contribution in [0.3, 0.4) is 0 Å². The second-order valence-corrected chi connectivity index (χ2v) is 7.61. The number of nitrogens with zero attached hydrogens (tertiary/aromatic N) is 2. The molecule has 5 nitrogen and oxygen atoms in total. The van der Waals surface area contributed by atoms with E-state index < -0.39 is 5.60 Å². The van der Waals surface area contributed by atoms with Gasteiger partial charge in [-0.25, -0.2) is 4.99 Å². The van der Waals surface area contributed by atoms with Gasteiger partial charge in [-0.15, -0.1) is 24.0 Å². The molecule has 25 heavy (non-hydrogen) atoms. The van der Waals surface area contributed by atoms with Crippen LogP contribution in [-0.2, 0) is 5.60 Å². The Morgan fingerprint density at radius 3 is 2.40 bits per heavy atom. The summed E-state index contributed by atoms with van der Waals surface area (Å²) in [4.78, 5) is 7.00. The second kappa shape index (κ2) is 12.1. The maximum atomic E-state index is 10.6. The summed E-state index contributed by atoms with van der Waals surface area (Å²) < 4.78 is 0. The van der Waals surface area contributed by atoms with Crippen molar-refractivity contribution < 1.29 is 5.11 Å². The summed E-state index contributed by atoms with van der Waals surface area (Å²) in [6.07, 6.45) is 0. The predicted octanol–water partition coefficient (Wildman–Crippen LogP) is 3.25. The summed E-state index contributed by atoms with van der Waals surface area (Å²) in [6.45, 7) is 15.6. The fraction of sp³-hybridized carbons (Fsp3) is 0.722. The molecule has 0 radical (unpaired) electrons. The summed E-state index contributed by atoms with van der Waals surface area (Å²) in [5.74, 6) is 0.750. The molecule has 1 aromatic rings. The third-order valence-corrected chi connectivity index (χ3v) is 4.70. The van der Waals surface area contributed by atoms with Crippen LogP contribution >= 0.6 is 35.3 Å². The number of hydrogen-bond acceptors (Lipinski definition) is 4. The summed E-state index contributed by atoms with van der Waals surface area (Å²) in [6, 6.07) is 2.99.